The Kier molecular flexibility index (Phi) is 5.96. The summed E-state index contributed by atoms with van der Waals surface area (Å²) in [6.07, 6.45) is 8.03. The van der Waals surface area contributed by atoms with E-state index in [0.717, 1.165) is 37.9 Å². The molecule has 1 aliphatic rings. The van der Waals surface area contributed by atoms with Crippen molar-refractivity contribution < 1.29 is 23.4 Å². The minimum absolute atomic E-state index is 0.0185. The number of hydrogen-bond acceptors (Lipinski definition) is 6. The molecule has 0 radical (unpaired) electrons. The largest absolute Gasteiger partial charge is 0.507 e. The maximum Gasteiger partial charge on any atom is 0.342 e. The van der Waals surface area contributed by atoms with Gasteiger partial charge in [0, 0.05) is 34.1 Å². The highest BCUT2D eigenvalue weighted by atomic mass is 19.1. The SMILES string of the molecule is CCOC(=O)c1coc2c1c(C(c1ccncc1)N1CCCCC1)c(O)c1cc(C)c(F)cc12. The fourth-order valence-electron chi connectivity index (χ4n) is 5.06. The van der Waals surface area contributed by atoms with Crippen LogP contribution in [0.4, 0.5) is 4.39 Å². The van der Waals surface area contributed by atoms with Crippen LogP contribution in [-0.4, -0.2) is 40.7 Å². The highest BCUT2D eigenvalue weighted by molar-refractivity contribution is 6.16. The van der Waals surface area contributed by atoms with Gasteiger partial charge < -0.3 is 14.3 Å². The number of furan rings is 1. The molecule has 3 heterocycles. The molecule has 7 heteroatoms. The van der Waals surface area contributed by atoms with Crippen molar-refractivity contribution in [1.82, 2.24) is 9.88 Å². The average Bonchev–Trinajstić information content (AvgIpc) is 3.29. The van der Waals surface area contributed by atoms with Crippen LogP contribution in [0, 0.1) is 12.7 Å². The lowest BCUT2D eigenvalue weighted by atomic mass is 9.88. The van der Waals surface area contributed by atoms with Gasteiger partial charge in [0.2, 0.25) is 0 Å². The Morgan fingerprint density at radius 2 is 1.94 bits per heavy atom. The number of aryl methyl sites for hydroxylation is 1. The van der Waals surface area contributed by atoms with Gasteiger partial charge in [-0.25, -0.2) is 9.18 Å². The Balaban J connectivity index is 1.89. The molecule has 2 aromatic carbocycles. The van der Waals surface area contributed by atoms with E-state index >= 15 is 0 Å². The van der Waals surface area contributed by atoms with Gasteiger partial charge in [0.1, 0.15) is 29.0 Å². The summed E-state index contributed by atoms with van der Waals surface area (Å²) in [7, 11) is 0. The monoisotopic (exact) mass is 462 g/mol. The molecule has 1 fully saturated rings. The van der Waals surface area contributed by atoms with E-state index in [1.165, 1.54) is 12.3 Å². The number of piperidine rings is 1. The second kappa shape index (κ2) is 9.06. The first kappa shape index (κ1) is 22.3. The van der Waals surface area contributed by atoms with E-state index in [-0.39, 0.29) is 24.0 Å². The maximum absolute atomic E-state index is 14.6. The number of hydrogen-bond donors (Lipinski definition) is 1. The van der Waals surface area contributed by atoms with Gasteiger partial charge in [-0.1, -0.05) is 6.42 Å². The Labute approximate surface area is 197 Å². The lowest BCUT2D eigenvalue weighted by Crippen LogP contribution is -2.34. The van der Waals surface area contributed by atoms with Crippen LogP contribution in [0.3, 0.4) is 0 Å². The van der Waals surface area contributed by atoms with Gasteiger partial charge in [0.15, 0.2) is 0 Å². The fourth-order valence-corrected chi connectivity index (χ4v) is 5.06. The normalized spacial score (nSPS) is 15.6. The number of aromatic nitrogens is 1. The predicted molar refractivity (Wildman–Crippen MR) is 128 cm³/mol. The number of phenolic OH excluding ortho intramolecular Hbond substituents is 1. The van der Waals surface area contributed by atoms with Crippen molar-refractivity contribution >= 4 is 27.7 Å². The topological polar surface area (TPSA) is 75.8 Å². The summed E-state index contributed by atoms with van der Waals surface area (Å²) in [6, 6.07) is 6.50. The highest BCUT2D eigenvalue weighted by Crippen LogP contribution is 2.47. The standard InChI is InChI=1S/C27H27FN2O4/c1-3-33-27(32)20-15-34-26-19-14-21(28)16(2)13-18(19)25(31)23(22(20)26)24(17-7-9-29-10-8-17)30-11-5-4-6-12-30/h7-10,13-15,24,31H,3-6,11-12H2,1-2H3. The number of ether oxygens (including phenoxy) is 1. The van der Waals surface area contributed by atoms with Gasteiger partial charge in [0.05, 0.1) is 12.6 Å². The van der Waals surface area contributed by atoms with Crippen LogP contribution in [0.25, 0.3) is 21.7 Å². The first-order valence-electron chi connectivity index (χ1n) is 11.7. The molecule has 0 saturated carbocycles. The van der Waals surface area contributed by atoms with Gasteiger partial charge in [-0.05, 0) is 75.2 Å². The molecule has 1 N–H and O–H groups in total. The first-order chi connectivity index (χ1) is 16.5. The lowest BCUT2D eigenvalue weighted by molar-refractivity contribution is 0.0527. The van der Waals surface area contributed by atoms with Gasteiger partial charge in [0.25, 0.3) is 0 Å². The number of rotatable bonds is 5. The molecule has 6 nitrogen and oxygen atoms in total. The molecule has 5 rings (SSSR count). The molecule has 1 unspecified atom stereocenters. The van der Waals surface area contributed by atoms with E-state index in [9.17, 15) is 14.3 Å². The van der Waals surface area contributed by atoms with Crippen LogP contribution in [0.5, 0.6) is 5.75 Å². The lowest BCUT2D eigenvalue weighted by Gasteiger charge is -2.36. The molecular formula is C27H27FN2O4. The molecule has 1 saturated heterocycles. The van der Waals surface area contributed by atoms with E-state index in [2.05, 4.69) is 9.88 Å². The van der Waals surface area contributed by atoms with E-state index in [0.29, 0.717) is 32.9 Å². The average molecular weight is 463 g/mol. The molecule has 0 spiro atoms. The molecule has 0 amide bonds. The first-order valence-corrected chi connectivity index (χ1v) is 11.7. The van der Waals surface area contributed by atoms with Gasteiger partial charge in [-0.3, -0.25) is 9.88 Å². The van der Waals surface area contributed by atoms with Crippen molar-refractivity contribution in [2.45, 2.75) is 39.2 Å². The minimum atomic E-state index is -0.541. The van der Waals surface area contributed by atoms with Crippen molar-refractivity contribution in [3.63, 3.8) is 0 Å². The predicted octanol–water partition coefficient (Wildman–Crippen LogP) is 5.89. The molecule has 34 heavy (non-hydrogen) atoms. The summed E-state index contributed by atoms with van der Waals surface area (Å²) in [5.74, 6) is -0.928. The number of carbonyl (C=O) groups is 1. The van der Waals surface area contributed by atoms with E-state index in [1.807, 2.05) is 12.1 Å². The Bertz CT molecular complexity index is 1360. The van der Waals surface area contributed by atoms with Crippen molar-refractivity contribution in [3.8, 4) is 5.75 Å². The second-order valence-electron chi connectivity index (χ2n) is 8.76. The van der Waals surface area contributed by atoms with Crippen molar-refractivity contribution in [3.05, 3.63) is 71.0 Å². The Morgan fingerprint density at radius 1 is 1.21 bits per heavy atom. The molecule has 0 bridgehead atoms. The molecule has 4 aromatic rings. The summed E-state index contributed by atoms with van der Waals surface area (Å²) in [5, 5.41) is 13.1. The third kappa shape index (κ3) is 3.70. The minimum Gasteiger partial charge on any atom is -0.507 e. The highest BCUT2D eigenvalue weighted by Gasteiger charge is 2.33. The van der Waals surface area contributed by atoms with E-state index < -0.39 is 11.8 Å². The third-order valence-corrected chi connectivity index (χ3v) is 6.66. The molecule has 1 atom stereocenters. The number of esters is 1. The number of fused-ring (bicyclic) bond motifs is 3. The number of aromatic hydroxyl groups is 1. The Hall–Kier alpha value is -3.45. The van der Waals surface area contributed by atoms with Gasteiger partial charge in [-0.15, -0.1) is 0 Å². The number of phenols is 1. The summed E-state index contributed by atoms with van der Waals surface area (Å²) in [6.45, 7) is 5.30. The van der Waals surface area contributed by atoms with Crippen LogP contribution >= 0.6 is 0 Å². The summed E-state index contributed by atoms with van der Waals surface area (Å²) < 4.78 is 25.8. The van der Waals surface area contributed by atoms with Crippen molar-refractivity contribution in [2.75, 3.05) is 19.7 Å². The summed E-state index contributed by atoms with van der Waals surface area (Å²) >= 11 is 0. The van der Waals surface area contributed by atoms with Crippen LogP contribution in [0.1, 0.15) is 59.3 Å². The zero-order valence-electron chi connectivity index (χ0n) is 19.3. The molecular weight excluding hydrogens is 435 g/mol. The zero-order chi connectivity index (χ0) is 23.8. The van der Waals surface area contributed by atoms with E-state index in [4.69, 9.17) is 9.15 Å². The van der Waals surface area contributed by atoms with E-state index in [1.54, 1.807) is 32.3 Å². The maximum atomic E-state index is 14.6. The number of pyridine rings is 1. The number of halogens is 1. The van der Waals surface area contributed by atoms with Gasteiger partial charge >= 0.3 is 5.97 Å². The second-order valence-corrected chi connectivity index (χ2v) is 8.76. The van der Waals surface area contributed by atoms with Crippen LogP contribution < -0.4 is 0 Å². The van der Waals surface area contributed by atoms with Crippen LogP contribution in [0.2, 0.25) is 0 Å². The van der Waals surface area contributed by atoms with Crippen LogP contribution in [-0.2, 0) is 4.74 Å². The third-order valence-electron chi connectivity index (χ3n) is 6.66. The molecule has 1 aliphatic heterocycles. The molecule has 176 valence electrons. The molecule has 0 aliphatic carbocycles. The number of likely N-dealkylation sites (tertiary alicyclic amines) is 1. The Morgan fingerprint density at radius 3 is 2.65 bits per heavy atom. The van der Waals surface area contributed by atoms with Crippen molar-refractivity contribution in [2.24, 2.45) is 0 Å². The van der Waals surface area contributed by atoms with Crippen LogP contribution in [0.15, 0.2) is 47.3 Å². The number of carbonyl (C=O) groups excluding carboxylic acids is 1. The number of nitrogens with zero attached hydrogens (tertiary/aromatic N) is 2. The van der Waals surface area contributed by atoms with Gasteiger partial charge in [-0.2, -0.15) is 0 Å². The van der Waals surface area contributed by atoms with Crippen molar-refractivity contribution in [1.29, 1.82) is 0 Å². The fraction of sp³-hybridized carbons (Fsp3) is 0.333. The molecule has 2 aromatic heterocycles. The summed E-state index contributed by atoms with van der Waals surface area (Å²) in [4.78, 5) is 19.4. The smallest absolute Gasteiger partial charge is 0.342 e. The quantitative estimate of drug-likeness (QED) is 0.373. The summed E-state index contributed by atoms with van der Waals surface area (Å²) in [5.41, 5.74) is 2.52. The number of benzene rings is 2. The zero-order valence-corrected chi connectivity index (χ0v) is 19.3.